The second kappa shape index (κ2) is 5.42. The highest BCUT2D eigenvalue weighted by molar-refractivity contribution is 5.88. The number of aromatic nitrogens is 2. The number of hydrogen-bond acceptors (Lipinski definition) is 5. The second-order valence-electron chi connectivity index (χ2n) is 5.35. The first-order valence-corrected chi connectivity index (χ1v) is 7.33. The maximum atomic E-state index is 12.6. The number of fused-ring (bicyclic) bond motifs is 2. The quantitative estimate of drug-likeness (QED) is 0.626. The maximum Gasteiger partial charge on any atom is 0.197 e. The summed E-state index contributed by atoms with van der Waals surface area (Å²) in [5.41, 5.74) is 1.90. The van der Waals surface area contributed by atoms with Crippen LogP contribution in [0.25, 0.3) is 33.2 Å². The molecule has 0 fully saturated rings. The Balaban J connectivity index is 1.98. The fraction of sp³-hybridized carbons (Fsp3) is 0.111. The number of rotatable bonds is 3. The molecular weight excluding hydrogens is 308 g/mol. The Kier molecular flexibility index (Phi) is 3.23. The van der Waals surface area contributed by atoms with Crippen LogP contribution in [0.1, 0.15) is 0 Å². The van der Waals surface area contributed by atoms with Crippen LogP contribution in [0.5, 0.6) is 11.5 Å². The highest BCUT2D eigenvalue weighted by Gasteiger charge is 2.14. The standard InChI is InChI=1S/C18H14N2O4/c1-22-12-6-16(23-2)18-14(21)8-15(24-17(18)7-12)10-3-4-11-9-19-20-13(11)5-10/h3-9H,1-2H3,(H,19,20). The molecule has 4 aromatic rings. The molecule has 0 aliphatic rings. The number of methoxy groups -OCH3 is 2. The number of nitrogens with zero attached hydrogens (tertiary/aromatic N) is 1. The molecule has 0 aliphatic heterocycles. The van der Waals surface area contributed by atoms with E-state index in [2.05, 4.69) is 10.2 Å². The Bertz CT molecular complexity index is 1110. The lowest BCUT2D eigenvalue weighted by Crippen LogP contribution is -2.03. The Morgan fingerprint density at radius 3 is 2.75 bits per heavy atom. The van der Waals surface area contributed by atoms with E-state index in [-0.39, 0.29) is 5.43 Å². The van der Waals surface area contributed by atoms with E-state index in [1.165, 1.54) is 13.2 Å². The first kappa shape index (κ1) is 14.3. The van der Waals surface area contributed by atoms with Gasteiger partial charge in [0.15, 0.2) is 5.43 Å². The molecule has 2 heterocycles. The molecule has 2 aromatic heterocycles. The van der Waals surface area contributed by atoms with Crippen LogP contribution in [-0.2, 0) is 0 Å². The van der Waals surface area contributed by atoms with E-state index < -0.39 is 0 Å². The van der Waals surface area contributed by atoms with Crippen molar-refractivity contribution < 1.29 is 13.9 Å². The summed E-state index contributed by atoms with van der Waals surface area (Å²) >= 11 is 0. The van der Waals surface area contributed by atoms with E-state index in [0.717, 1.165) is 16.5 Å². The smallest absolute Gasteiger partial charge is 0.197 e. The molecule has 2 aromatic carbocycles. The van der Waals surface area contributed by atoms with Crippen molar-refractivity contribution in [2.75, 3.05) is 14.2 Å². The first-order chi connectivity index (χ1) is 11.7. The third-order valence-corrected chi connectivity index (χ3v) is 3.95. The summed E-state index contributed by atoms with van der Waals surface area (Å²) in [6, 6.07) is 10.5. The molecule has 6 heteroatoms. The number of nitrogens with one attached hydrogen (secondary N) is 1. The summed E-state index contributed by atoms with van der Waals surface area (Å²) < 4.78 is 16.5. The van der Waals surface area contributed by atoms with Crippen molar-refractivity contribution >= 4 is 21.9 Å². The molecule has 0 amide bonds. The van der Waals surface area contributed by atoms with E-state index in [1.807, 2.05) is 18.2 Å². The topological polar surface area (TPSA) is 77.4 Å². The van der Waals surface area contributed by atoms with Gasteiger partial charge in [0.1, 0.15) is 28.2 Å². The summed E-state index contributed by atoms with van der Waals surface area (Å²) in [7, 11) is 3.06. The zero-order valence-corrected chi connectivity index (χ0v) is 13.1. The van der Waals surface area contributed by atoms with Gasteiger partial charge < -0.3 is 13.9 Å². The lowest BCUT2D eigenvalue weighted by atomic mass is 10.1. The van der Waals surface area contributed by atoms with Crippen LogP contribution in [0.3, 0.4) is 0 Å². The Morgan fingerprint density at radius 2 is 1.96 bits per heavy atom. The summed E-state index contributed by atoms with van der Waals surface area (Å²) in [6.45, 7) is 0. The maximum absolute atomic E-state index is 12.6. The van der Waals surface area contributed by atoms with E-state index >= 15 is 0 Å². The van der Waals surface area contributed by atoms with Gasteiger partial charge in [-0.3, -0.25) is 9.89 Å². The van der Waals surface area contributed by atoms with Crippen molar-refractivity contribution in [3.63, 3.8) is 0 Å². The molecule has 0 radical (unpaired) electrons. The van der Waals surface area contributed by atoms with Crippen LogP contribution in [0.15, 0.2) is 51.8 Å². The molecular formula is C18H14N2O4. The molecule has 0 bridgehead atoms. The van der Waals surface area contributed by atoms with Crippen molar-refractivity contribution in [3.8, 4) is 22.8 Å². The minimum absolute atomic E-state index is 0.171. The van der Waals surface area contributed by atoms with Crippen LogP contribution >= 0.6 is 0 Å². The average Bonchev–Trinajstić information content (AvgIpc) is 3.08. The number of H-pyrrole nitrogens is 1. The van der Waals surface area contributed by atoms with Crippen molar-refractivity contribution in [2.24, 2.45) is 0 Å². The van der Waals surface area contributed by atoms with Gasteiger partial charge in [-0.25, -0.2) is 0 Å². The molecule has 0 atom stereocenters. The van der Waals surface area contributed by atoms with E-state index in [4.69, 9.17) is 13.9 Å². The summed E-state index contributed by atoms with van der Waals surface area (Å²) in [4.78, 5) is 12.6. The Hall–Kier alpha value is -3.28. The minimum atomic E-state index is -0.171. The van der Waals surface area contributed by atoms with Gasteiger partial charge in [0.05, 0.1) is 25.9 Å². The summed E-state index contributed by atoms with van der Waals surface area (Å²) in [5.74, 6) is 1.46. The number of hydrogen-bond donors (Lipinski definition) is 1. The lowest BCUT2D eigenvalue weighted by molar-refractivity contribution is 0.396. The fourth-order valence-electron chi connectivity index (χ4n) is 2.74. The Labute approximate surface area is 136 Å². The highest BCUT2D eigenvalue weighted by atomic mass is 16.5. The van der Waals surface area contributed by atoms with Crippen LogP contribution in [0, 0.1) is 0 Å². The molecule has 4 rings (SSSR count). The van der Waals surface area contributed by atoms with Gasteiger partial charge >= 0.3 is 0 Å². The van der Waals surface area contributed by atoms with Crippen LogP contribution in [0.4, 0.5) is 0 Å². The van der Waals surface area contributed by atoms with Crippen molar-refractivity contribution in [1.29, 1.82) is 0 Å². The van der Waals surface area contributed by atoms with Crippen LogP contribution in [-0.4, -0.2) is 24.4 Å². The average molecular weight is 322 g/mol. The minimum Gasteiger partial charge on any atom is -0.496 e. The summed E-state index contributed by atoms with van der Waals surface area (Å²) in [6.07, 6.45) is 1.74. The molecule has 24 heavy (non-hydrogen) atoms. The Morgan fingerprint density at radius 1 is 1.08 bits per heavy atom. The molecule has 0 unspecified atom stereocenters. The van der Waals surface area contributed by atoms with E-state index in [0.29, 0.717) is 28.2 Å². The zero-order valence-electron chi connectivity index (χ0n) is 13.1. The van der Waals surface area contributed by atoms with E-state index in [9.17, 15) is 4.79 Å². The largest absolute Gasteiger partial charge is 0.496 e. The van der Waals surface area contributed by atoms with Gasteiger partial charge in [0.25, 0.3) is 0 Å². The predicted molar refractivity (Wildman–Crippen MR) is 90.7 cm³/mol. The monoisotopic (exact) mass is 322 g/mol. The van der Waals surface area contributed by atoms with E-state index in [1.54, 1.807) is 25.4 Å². The molecule has 1 N–H and O–H groups in total. The van der Waals surface area contributed by atoms with Crippen LogP contribution < -0.4 is 14.9 Å². The molecule has 0 aliphatic carbocycles. The molecule has 6 nitrogen and oxygen atoms in total. The number of ether oxygens (including phenoxy) is 2. The van der Waals surface area contributed by atoms with Crippen LogP contribution in [0.2, 0.25) is 0 Å². The summed E-state index contributed by atoms with van der Waals surface area (Å²) in [5, 5.41) is 8.29. The second-order valence-corrected chi connectivity index (χ2v) is 5.35. The highest BCUT2D eigenvalue weighted by Crippen LogP contribution is 2.32. The third kappa shape index (κ3) is 2.20. The fourth-order valence-corrected chi connectivity index (χ4v) is 2.74. The van der Waals surface area contributed by atoms with Gasteiger partial charge in [-0.05, 0) is 6.07 Å². The number of aromatic amines is 1. The van der Waals surface area contributed by atoms with Gasteiger partial charge in [-0.1, -0.05) is 12.1 Å². The normalized spacial score (nSPS) is 11.1. The van der Waals surface area contributed by atoms with Gasteiger partial charge in [-0.2, -0.15) is 5.10 Å². The van der Waals surface area contributed by atoms with Gasteiger partial charge in [0, 0.05) is 29.1 Å². The van der Waals surface area contributed by atoms with Crippen molar-refractivity contribution in [1.82, 2.24) is 10.2 Å². The number of benzene rings is 2. The van der Waals surface area contributed by atoms with Crippen molar-refractivity contribution in [2.45, 2.75) is 0 Å². The lowest BCUT2D eigenvalue weighted by Gasteiger charge is -2.09. The van der Waals surface area contributed by atoms with Gasteiger partial charge in [-0.15, -0.1) is 0 Å². The SMILES string of the molecule is COc1cc(OC)c2c(=O)cc(-c3ccc4cn[nH]c4c3)oc2c1. The third-order valence-electron chi connectivity index (χ3n) is 3.95. The molecule has 0 saturated heterocycles. The van der Waals surface area contributed by atoms with Crippen molar-refractivity contribution in [3.05, 3.63) is 52.8 Å². The molecule has 0 saturated carbocycles. The van der Waals surface area contributed by atoms with Gasteiger partial charge in [0.2, 0.25) is 0 Å². The molecule has 120 valence electrons. The first-order valence-electron chi connectivity index (χ1n) is 7.33. The predicted octanol–water partition coefficient (Wildman–Crippen LogP) is 3.35. The zero-order chi connectivity index (χ0) is 16.7. The molecule has 0 spiro atoms.